The first-order valence-electron chi connectivity index (χ1n) is 5.58. The molecule has 0 saturated carbocycles. The van der Waals surface area contributed by atoms with Crippen molar-refractivity contribution in [3.05, 3.63) is 24.5 Å². The SMILES string of the molecule is COc1cc2ccn(C[C@@H](C)NC(=O)O)c2cn1. The van der Waals surface area contributed by atoms with Gasteiger partial charge in [-0.05, 0) is 13.0 Å². The van der Waals surface area contributed by atoms with Gasteiger partial charge in [0.05, 0.1) is 18.8 Å². The molecular weight excluding hydrogens is 234 g/mol. The van der Waals surface area contributed by atoms with Crippen LogP contribution in [0, 0.1) is 0 Å². The van der Waals surface area contributed by atoms with Gasteiger partial charge in [-0.15, -0.1) is 0 Å². The summed E-state index contributed by atoms with van der Waals surface area (Å²) in [5, 5.41) is 12.1. The Balaban J connectivity index is 2.21. The van der Waals surface area contributed by atoms with E-state index in [4.69, 9.17) is 9.84 Å². The zero-order valence-corrected chi connectivity index (χ0v) is 10.3. The topological polar surface area (TPSA) is 76.4 Å². The molecule has 18 heavy (non-hydrogen) atoms. The number of fused-ring (bicyclic) bond motifs is 1. The van der Waals surface area contributed by atoms with Crippen LogP contribution in [0.2, 0.25) is 0 Å². The molecule has 6 nitrogen and oxygen atoms in total. The largest absolute Gasteiger partial charge is 0.481 e. The summed E-state index contributed by atoms with van der Waals surface area (Å²) in [5.41, 5.74) is 0.954. The summed E-state index contributed by atoms with van der Waals surface area (Å²) in [5.74, 6) is 0.567. The zero-order chi connectivity index (χ0) is 13.1. The van der Waals surface area contributed by atoms with E-state index in [2.05, 4.69) is 10.3 Å². The van der Waals surface area contributed by atoms with E-state index >= 15 is 0 Å². The number of hydrogen-bond acceptors (Lipinski definition) is 3. The second-order valence-electron chi connectivity index (χ2n) is 4.10. The van der Waals surface area contributed by atoms with Gasteiger partial charge < -0.3 is 19.7 Å². The van der Waals surface area contributed by atoms with E-state index < -0.39 is 6.09 Å². The van der Waals surface area contributed by atoms with E-state index in [9.17, 15) is 4.79 Å². The van der Waals surface area contributed by atoms with Crippen LogP contribution >= 0.6 is 0 Å². The Hall–Kier alpha value is -2.24. The minimum atomic E-state index is -1.02. The van der Waals surface area contributed by atoms with Crippen molar-refractivity contribution in [3.63, 3.8) is 0 Å². The fourth-order valence-electron chi connectivity index (χ4n) is 1.89. The summed E-state index contributed by atoms with van der Waals surface area (Å²) < 4.78 is 7.02. The molecule has 1 atom stereocenters. The Morgan fingerprint density at radius 3 is 3.11 bits per heavy atom. The van der Waals surface area contributed by atoms with E-state index in [1.807, 2.05) is 29.8 Å². The number of carboxylic acid groups (broad SMARTS) is 1. The van der Waals surface area contributed by atoms with Gasteiger partial charge in [-0.2, -0.15) is 0 Å². The molecule has 2 heterocycles. The first-order chi connectivity index (χ1) is 8.60. The number of nitrogens with one attached hydrogen (secondary N) is 1. The van der Waals surface area contributed by atoms with E-state index in [-0.39, 0.29) is 6.04 Å². The van der Waals surface area contributed by atoms with Gasteiger partial charge in [0.15, 0.2) is 0 Å². The number of ether oxygens (including phenoxy) is 1. The molecule has 1 amide bonds. The second kappa shape index (κ2) is 4.95. The average molecular weight is 249 g/mol. The predicted molar refractivity (Wildman–Crippen MR) is 66.9 cm³/mol. The van der Waals surface area contributed by atoms with E-state index in [0.29, 0.717) is 12.4 Å². The highest BCUT2D eigenvalue weighted by atomic mass is 16.5. The quantitative estimate of drug-likeness (QED) is 0.864. The lowest BCUT2D eigenvalue weighted by Crippen LogP contribution is -2.34. The first-order valence-corrected chi connectivity index (χ1v) is 5.58. The highest BCUT2D eigenvalue weighted by molar-refractivity contribution is 5.80. The summed E-state index contributed by atoms with van der Waals surface area (Å²) in [4.78, 5) is 14.7. The van der Waals surface area contributed by atoms with Crippen molar-refractivity contribution in [2.45, 2.75) is 19.5 Å². The zero-order valence-electron chi connectivity index (χ0n) is 10.3. The molecule has 0 fully saturated rings. The summed E-state index contributed by atoms with van der Waals surface area (Å²) >= 11 is 0. The fraction of sp³-hybridized carbons (Fsp3) is 0.333. The van der Waals surface area contributed by atoms with Crippen LogP contribution in [0.3, 0.4) is 0 Å². The number of rotatable bonds is 4. The minimum Gasteiger partial charge on any atom is -0.481 e. The number of pyridine rings is 1. The van der Waals surface area contributed by atoms with E-state index in [0.717, 1.165) is 10.9 Å². The third kappa shape index (κ3) is 2.53. The smallest absolute Gasteiger partial charge is 0.404 e. The molecular formula is C12H15N3O3. The number of amides is 1. The Labute approximate surface area is 104 Å². The highest BCUT2D eigenvalue weighted by Gasteiger charge is 2.09. The van der Waals surface area contributed by atoms with Crippen LogP contribution in [0.4, 0.5) is 4.79 Å². The van der Waals surface area contributed by atoms with E-state index in [1.54, 1.807) is 13.3 Å². The summed E-state index contributed by atoms with van der Waals surface area (Å²) in [6.07, 6.45) is 2.62. The van der Waals surface area contributed by atoms with Crippen LogP contribution in [-0.2, 0) is 6.54 Å². The normalized spacial score (nSPS) is 12.3. The molecule has 2 N–H and O–H groups in total. The Morgan fingerprint density at radius 1 is 1.67 bits per heavy atom. The maximum atomic E-state index is 10.5. The van der Waals surface area contributed by atoms with Gasteiger partial charge in [0.25, 0.3) is 0 Å². The minimum absolute atomic E-state index is 0.166. The molecule has 2 rings (SSSR count). The molecule has 96 valence electrons. The van der Waals surface area contributed by atoms with Crippen molar-refractivity contribution in [1.82, 2.24) is 14.9 Å². The molecule has 0 aliphatic rings. The molecule has 2 aromatic rings. The Kier molecular flexibility index (Phi) is 3.36. The number of nitrogens with zero attached hydrogens (tertiary/aromatic N) is 2. The Bertz CT molecular complexity index is 565. The molecule has 0 spiro atoms. The summed E-state index contributed by atoms with van der Waals surface area (Å²) in [7, 11) is 1.57. The molecule has 0 radical (unpaired) electrons. The third-order valence-corrected chi connectivity index (χ3v) is 2.68. The fourth-order valence-corrected chi connectivity index (χ4v) is 1.89. The average Bonchev–Trinajstić information content (AvgIpc) is 2.70. The second-order valence-corrected chi connectivity index (χ2v) is 4.10. The molecule has 0 aliphatic carbocycles. The predicted octanol–water partition coefficient (Wildman–Crippen LogP) is 1.70. The van der Waals surface area contributed by atoms with Gasteiger partial charge in [-0.25, -0.2) is 9.78 Å². The van der Waals surface area contributed by atoms with Crippen molar-refractivity contribution in [3.8, 4) is 5.88 Å². The van der Waals surface area contributed by atoms with Crippen LogP contribution in [0.5, 0.6) is 5.88 Å². The van der Waals surface area contributed by atoms with Crippen molar-refractivity contribution in [2.75, 3.05) is 7.11 Å². The van der Waals surface area contributed by atoms with Crippen LogP contribution < -0.4 is 10.1 Å². The molecule has 0 aliphatic heterocycles. The third-order valence-electron chi connectivity index (χ3n) is 2.68. The molecule has 6 heteroatoms. The summed E-state index contributed by atoms with van der Waals surface area (Å²) in [6, 6.07) is 3.63. The molecule has 0 bridgehead atoms. The van der Waals surface area contributed by atoms with Crippen molar-refractivity contribution in [1.29, 1.82) is 0 Å². The van der Waals surface area contributed by atoms with Crippen molar-refractivity contribution < 1.29 is 14.6 Å². The van der Waals surface area contributed by atoms with Gasteiger partial charge >= 0.3 is 6.09 Å². The molecule has 0 saturated heterocycles. The molecule has 0 unspecified atom stereocenters. The monoisotopic (exact) mass is 249 g/mol. The lowest BCUT2D eigenvalue weighted by molar-refractivity contribution is 0.189. The lowest BCUT2D eigenvalue weighted by Gasteiger charge is -2.13. The lowest BCUT2D eigenvalue weighted by atomic mass is 10.3. The van der Waals surface area contributed by atoms with E-state index in [1.165, 1.54) is 0 Å². The van der Waals surface area contributed by atoms with Gasteiger partial charge in [0.2, 0.25) is 5.88 Å². The van der Waals surface area contributed by atoms with Crippen molar-refractivity contribution >= 4 is 17.0 Å². The number of carbonyl (C=O) groups is 1. The molecule has 2 aromatic heterocycles. The van der Waals surface area contributed by atoms with Crippen LogP contribution in [0.15, 0.2) is 24.5 Å². The van der Waals surface area contributed by atoms with Gasteiger partial charge in [0, 0.05) is 30.2 Å². The number of hydrogen-bond donors (Lipinski definition) is 2. The van der Waals surface area contributed by atoms with Crippen LogP contribution in [0.1, 0.15) is 6.92 Å². The van der Waals surface area contributed by atoms with Crippen LogP contribution in [0.25, 0.3) is 10.9 Å². The Morgan fingerprint density at radius 2 is 2.44 bits per heavy atom. The highest BCUT2D eigenvalue weighted by Crippen LogP contribution is 2.19. The van der Waals surface area contributed by atoms with Gasteiger partial charge in [0.1, 0.15) is 0 Å². The molecule has 0 aromatic carbocycles. The van der Waals surface area contributed by atoms with Crippen LogP contribution in [-0.4, -0.2) is 33.9 Å². The standard InChI is InChI=1S/C12H15N3O3/c1-8(14-12(16)17)7-15-4-3-9-5-11(18-2)13-6-10(9)15/h3-6,8,14H,7H2,1-2H3,(H,16,17)/t8-/m1/s1. The number of methoxy groups -OCH3 is 1. The maximum Gasteiger partial charge on any atom is 0.404 e. The number of aromatic nitrogens is 2. The van der Waals surface area contributed by atoms with Crippen molar-refractivity contribution in [2.24, 2.45) is 0 Å². The maximum absolute atomic E-state index is 10.5. The first kappa shape index (κ1) is 12.2. The van der Waals surface area contributed by atoms with Gasteiger partial charge in [-0.3, -0.25) is 0 Å². The van der Waals surface area contributed by atoms with Gasteiger partial charge in [-0.1, -0.05) is 0 Å². The summed E-state index contributed by atoms with van der Waals surface area (Å²) in [6.45, 7) is 2.38.